The van der Waals surface area contributed by atoms with Crippen LogP contribution in [0.25, 0.3) is 0 Å². The summed E-state index contributed by atoms with van der Waals surface area (Å²) in [7, 11) is 0. The van der Waals surface area contributed by atoms with Crippen molar-refractivity contribution in [2.24, 2.45) is 17.8 Å². The molecule has 2 heterocycles. The molecule has 1 saturated heterocycles. The third-order valence-electron chi connectivity index (χ3n) is 7.91. The Balaban J connectivity index is 1.68. The number of carbonyl (C=O) groups excluding carboxylic acids is 6. The Morgan fingerprint density at radius 3 is 2.29 bits per heavy atom. The summed E-state index contributed by atoms with van der Waals surface area (Å²) in [6, 6.07) is 6.89. The van der Waals surface area contributed by atoms with E-state index in [1.165, 1.54) is 25.1 Å². The van der Waals surface area contributed by atoms with Crippen LogP contribution in [-0.4, -0.2) is 71.4 Å². The largest absolute Gasteiger partial charge is 0.458 e. The standard InChI is InChI=1S/C35H48N6O8/c1-20(2)16-27(39-35(47)30(21(3)4)40-31(43)23(6)37-34(46)28-17-22(5)49-41-28)33(45)38-26(18-25-14-15-36-32(25)44)12-13-29(42)48-19-24-10-8-7-9-11-24/h7-13,17,20-21,23,25-27,30H,14-16,18-19H2,1-6H3,(H,36,44)(H,37,46)(H,38,45)(H,39,47)(H,40,43)/b13-12+/t23-,25-,26+,27?,30-/m0/s1. The van der Waals surface area contributed by atoms with Gasteiger partial charge in [0, 0.05) is 30.6 Å². The van der Waals surface area contributed by atoms with E-state index in [0.29, 0.717) is 18.7 Å². The summed E-state index contributed by atoms with van der Waals surface area (Å²) >= 11 is 0. The molecule has 1 aliphatic rings. The monoisotopic (exact) mass is 680 g/mol. The van der Waals surface area contributed by atoms with Gasteiger partial charge in [0.05, 0.1) is 0 Å². The molecule has 2 aromatic rings. The zero-order valence-corrected chi connectivity index (χ0v) is 28.9. The van der Waals surface area contributed by atoms with E-state index in [9.17, 15) is 28.8 Å². The maximum absolute atomic E-state index is 13.7. The Labute approximate surface area is 286 Å². The SMILES string of the molecule is Cc1cc(C(=O)N[C@@H](C)C(=O)N[C@H](C(=O)NC(CC(C)C)C(=O)N[C@H](/C=C/C(=O)OCc2ccccc2)C[C@@H]2CCNC2=O)C(C)C)no1. The van der Waals surface area contributed by atoms with Crippen molar-refractivity contribution in [1.29, 1.82) is 0 Å². The van der Waals surface area contributed by atoms with Crippen molar-refractivity contribution in [1.82, 2.24) is 31.7 Å². The van der Waals surface area contributed by atoms with E-state index in [2.05, 4.69) is 31.7 Å². The van der Waals surface area contributed by atoms with Gasteiger partial charge in [-0.3, -0.25) is 24.0 Å². The number of ether oxygens (including phenoxy) is 1. The van der Waals surface area contributed by atoms with Crippen LogP contribution in [0.5, 0.6) is 0 Å². The number of nitrogens with one attached hydrogen (secondary N) is 5. The fourth-order valence-corrected chi connectivity index (χ4v) is 5.20. The van der Waals surface area contributed by atoms with E-state index in [0.717, 1.165) is 5.56 Å². The summed E-state index contributed by atoms with van der Waals surface area (Å²) in [5, 5.41) is 17.3. The molecule has 0 spiro atoms. The molecule has 1 aliphatic heterocycles. The molecule has 5 atom stereocenters. The summed E-state index contributed by atoms with van der Waals surface area (Å²) in [5.41, 5.74) is 0.837. The van der Waals surface area contributed by atoms with Gasteiger partial charge in [-0.2, -0.15) is 0 Å². The highest BCUT2D eigenvalue weighted by atomic mass is 16.5. The van der Waals surface area contributed by atoms with Gasteiger partial charge in [0.25, 0.3) is 5.91 Å². The van der Waals surface area contributed by atoms with Crippen molar-refractivity contribution in [2.45, 2.75) is 91.6 Å². The molecule has 5 N–H and O–H groups in total. The van der Waals surface area contributed by atoms with E-state index in [-0.39, 0.29) is 48.8 Å². The maximum Gasteiger partial charge on any atom is 0.330 e. The summed E-state index contributed by atoms with van der Waals surface area (Å²) in [5.74, 6) is -3.35. The van der Waals surface area contributed by atoms with E-state index in [4.69, 9.17) is 9.26 Å². The molecule has 1 aromatic heterocycles. The molecule has 0 aliphatic carbocycles. The van der Waals surface area contributed by atoms with Gasteiger partial charge in [-0.15, -0.1) is 0 Å². The van der Waals surface area contributed by atoms with E-state index < -0.39 is 53.8 Å². The Bertz CT molecular complexity index is 1490. The molecule has 266 valence electrons. The summed E-state index contributed by atoms with van der Waals surface area (Å²) in [4.78, 5) is 77.6. The molecule has 0 radical (unpaired) electrons. The Hall–Kier alpha value is -5.01. The van der Waals surface area contributed by atoms with Crippen LogP contribution in [0, 0.1) is 24.7 Å². The summed E-state index contributed by atoms with van der Waals surface area (Å²) in [6.45, 7) is 11.0. The molecule has 1 unspecified atom stereocenters. The van der Waals surface area contributed by atoms with Crippen molar-refractivity contribution >= 4 is 35.5 Å². The molecule has 14 nitrogen and oxygen atoms in total. The predicted octanol–water partition coefficient (Wildman–Crippen LogP) is 2.08. The fraction of sp³-hybridized carbons (Fsp3) is 0.514. The highest BCUT2D eigenvalue weighted by Gasteiger charge is 2.33. The lowest BCUT2D eigenvalue weighted by molar-refractivity contribution is -0.139. The number of carbonyl (C=O) groups is 6. The number of esters is 1. The second-order valence-corrected chi connectivity index (χ2v) is 13.0. The molecular weight excluding hydrogens is 632 g/mol. The van der Waals surface area contributed by atoms with E-state index >= 15 is 0 Å². The van der Waals surface area contributed by atoms with Gasteiger partial charge < -0.3 is 35.8 Å². The lowest BCUT2D eigenvalue weighted by Gasteiger charge is -2.28. The van der Waals surface area contributed by atoms with Gasteiger partial charge in [-0.05, 0) is 50.5 Å². The first-order chi connectivity index (χ1) is 23.2. The molecule has 0 saturated carbocycles. The Morgan fingerprint density at radius 2 is 1.69 bits per heavy atom. The second-order valence-electron chi connectivity index (χ2n) is 13.0. The first kappa shape index (κ1) is 38.4. The van der Waals surface area contributed by atoms with Crippen LogP contribution >= 0.6 is 0 Å². The second kappa shape index (κ2) is 18.5. The number of rotatable bonds is 17. The molecule has 5 amide bonds. The smallest absolute Gasteiger partial charge is 0.330 e. The molecule has 49 heavy (non-hydrogen) atoms. The number of nitrogens with zero attached hydrogens (tertiary/aromatic N) is 1. The first-order valence-electron chi connectivity index (χ1n) is 16.5. The average Bonchev–Trinajstić information content (AvgIpc) is 3.68. The molecule has 14 heteroatoms. The van der Waals surface area contributed by atoms with Crippen LogP contribution in [0.3, 0.4) is 0 Å². The number of benzene rings is 1. The van der Waals surface area contributed by atoms with Crippen molar-refractivity contribution < 1.29 is 38.0 Å². The van der Waals surface area contributed by atoms with Crippen LogP contribution < -0.4 is 26.6 Å². The lowest BCUT2D eigenvalue weighted by atomic mass is 9.96. The maximum atomic E-state index is 13.7. The number of amides is 5. The predicted molar refractivity (Wildman–Crippen MR) is 179 cm³/mol. The number of aryl methyl sites for hydroxylation is 1. The van der Waals surface area contributed by atoms with Crippen molar-refractivity contribution in [3.05, 3.63) is 65.6 Å². The molecule has 0 bridgehead atoms. The highest BCUT2D eigenvalue weighted by molar-refractivity contribution is 5.97. The van der Waals surface area contributed by atoms with Crippen LogP contribution in [0.1, 0.15) is 75.7 Å². The van der Waals surface area contributed by atoms with Gasteiger partial charge in [-0.25, -0.2) is 4.79 Å². The van der Waals surface area contributed by atoms with Gasteiger partial charge in [0.2, 0.25) is 23.6 Å². The van der Waals surface area contributed by atoms with Crippen molar-refractivity contribution in [3.63, 3.8) is 0 Å². The number of hydrogen-bond acceptors (Lipinski definition) is 9. The Kier molecular flexibility index (Phi) is 14.5. The topological polar surface area (TPSA) is 198 Å². The van der Waals surface area contributed by atoms with Gasteiger partial charge >= 0.3 is 5.97 Å². The first-order valence-corrected chi connectivity index (χ1v) is 16.5. The van der Waals surface area contributed by atoms with Gasteiger partial charge in [0.1, 0.15) is 30.5 Å². The van der Waals surface area contributed by atoms with E-state index in [1.54, 1.807) is 20.8 Å². The minimum Gasteiger partial charge on any atom is -0.458 e. The third-order valence-corrected chi connectivity index (χ3v) is 7.91. The van der Waals surface area contributed by atoms with Gasteiger partial charge in [-0.1, -0.05) is 69.3 Å². The van der Waals surface area contributed by atoms with Crippen LogP contribution in [0.15, 0.2) is 53.1 Å². The average molecular weight is 681 g/mol. The normalized spacial score (nSPS) is 16.8. The van der Waals surface area contributed by atoms with E-state index in [1.807, 2.05) is 44.2 Å². The van der Waals surface area contributed by atoms with Crippen molar-refractivity contribution in [2.75, 3.05) is 6.54 Å². The minimum atomic E-state index is -1.03. The quantitative estimate of drug-likeness (QED) is 0.123. The third kappa shape index (κ3) is 12.5. The summed E-state index contributed by atoms with van der Waals surface area (Å²) in [6.07, 6.45) is 3.82. The number of hydrogen-bond donors (Lipinski definition) is 5. The molecule has 3 rings (SSSR count). The molecule has 1 aromatic carbocycles. The van der Waals surface area contributed by atoms with Gasteiger partial charge in [0.15, 0.2) is 5.69 Å². The van der Waals surface area contributed by atoms with Crippen LogP contribution in [0.2, 0.25) is 0 Å². The molecular formula is C35H48N6O8. The van der Waals surface area contributed by atoms with Crippen molar-refractivity contribution in [3.8, 4) is 0 Å². The minimum absolute atomic E-state index is 0.00103. The zero-order chi connectivity index (χ0) is 36.1. The van der Waals surface area contributed by atoms with Crippen LogP contribution in [0.4, 0.5) is 0 Å². The Morgan fingerprint density at radius 1 is 0.980 bits per heavy atom. The zero-order valence-electron chi connectivity index (χ0n) is 28.9. The van der Waals surface area contributed by atoms with Crippen LogP contribution in [-0.2, 0) is 35.3 Å². The highest BCUT2D eigenvalue weighted by Crippen LogP contribution is 2.18. The number of aromatic nitrogens is 1. The fourth-order valence-electron chi connectivity index (χ4n) is 5.20. The lowest BCUT2D eigenvalue weighted by Crippen LogP contribution is -2.58. The molecule has 1 fully saturated rings. The summed E-state index contributed by atoms with van der Waals surface area (Å²) < 4.78 is 10.2.